The van der Waals surface area contributed by atoms with Crippen LogP contribution in [0.4, 0.5) is 34.1 Å². The minimum absolute atomic E-state index is 0.0815. The summed E-state index contributed by atoms with van der Waals surface area (Å²) >= 11 is 0. The molecule has 2 atom stereocenters. The fourth-order valence-corrected chi connectivity index (χ4v) is 19.6. The maximum absolute atomic E-state index is 2.58. The van der Waals surface area contributed by atoms with Crippen LogP contribution in [0.1, 0.15) is 124 Å². The van der Waals surface area contributed by atoms with Gasteiger partial charge in [0.2, 0.25) is 0 Å². The van der Waals surface area contributed by atoms with E-state index in [4.69, 9.17) is 0 Å². The zero-order valence-electron chi connectivity index (χ0n) is 59.3. The maximum atomic E-state index is 2.58. The van der Waals surface area contributed by atoms with E-state index in [1.807, 2.05) is 0 Å². The van der Waals surface area contributed by atoms with Crippen LogP contribution in [0.2, 0.25) is 0 Å². The predicted molar refractivity (Wildman–Crippen MR) is 433 cm³/mol. The number of hydrogen-bond donors (Lipinski definition) is 0. The van der Waals surface area contributed by atoms with Crippen LogP contribution in [-0.2, 0) is 21.7 Å². The summed E-state index contributed by atoms with van der Waals surface area (Å²) in [5.41, 5.74) is 33.8. The van der Waals surface area contributed by atoms with Crippen LogP contribution in [0.25, 0.3) is 98.8 Å². The maximum Gasteiger partial charge on any atom is 0.0468 e. The van der Waals surface area contributed by atoms with Gasteiger partial charge < -0.3 is 9.80 Å². The van der Waals surface area contributed by atoms with Gasteiger partial charge >= 0.3 is 0 Å². The second-order valence-corrected chi connectivity index (χ2v) is 32.1. The average molecular weight is 1310 g/mol. The van der Waals surface area contributed by atoms with Crippen molar-refractivity contribution in [2.45, 2.75) is 89.9 Å². The Hall–Kier alpha value is -11.3. The largest absolute Gasteiger partial charge is 0.310 e. The molecule has 6 aliphatic rings. The molecule has 0 bridgehead atoms. The van der Waals surface area contributed by atoms with E-state index in [-0.39, 0.29) is 21.7 Å². The number of allylic oxidation sites excluding steroid dienone is 8. The number of benzene rings is 14. The summed E-state index contributed by atoms with van der Waals surface area (Å²) in [5.74, 6) is 0.691. The first-order valence-corrected chi connectivity index (χ1v) is 36.8. The monoisotopic (exact) mass is 1310 g/mol. The van der Waals surface area contributed by atoms with Crippen LogP contribution >= 0.6 is 0 Å². The molecule has 2 unspecified atom stereocenters. The van der Waals surface area contributed by atoms with Gasteiger partial charge in [0.1, 0.15) is 0 Å². The first-order valence-electron chi connectivity index (χ1n) is 36.8. The van der Waals surface area contributed by atoms with E-state index in [2.05, 4.69) is 369 Å². The predicted octanol–water partition coefficient (Wildman–Crippen LogP) is 27.1. The molecule has 490 valence electrons. The zero-order chi connectivity index (χ0) is 68.7. The van der Waals surface area contributed by atoms with E-state index in [0.29, 0.717) is 11.8 Å². The summed E-state index contributed by atoms with van der Waals surface area (Å²) in [5, 5.41) is 10.1. The Balaban J connectivity index is 0.599. The van der Waals surface area contributed by atoms with Crippen molar-refractivity contribution in [1.29, 1.82) is 0 Å². The van der Waals surface area contributed by atoms with Gasteiger partial charge in [0.25, 0.3) is 0 Å². The summed E-state index contributed by atoms with van der Waals surface area (Å²) in [6.45, 7) is 19.5. The smallest absolute Gasteiger partial charge is 0.0468 e. The van der Waals surface area contributed by atoms with E-state index in [0.717, 1.165) is 41.3 Å². The van der Waals surface area contributed by atoms with Crippen molar-refractivity contribution in [3.63, 3.8) is 0 Å². The van der Waals surface area contributed by atoms with Crippen molar-refractivity contribution in [2.24, 2.45) is 11.8 Å². The molecule has 0 saturated heterocycles. The number of hydrogen-bond acceptors (Lipinski definition) is 2. The highest BCUT2D eigenvalue weighted by atomic mass is 15.1. The lowest BCUT2D eigenvalue weighted by Gasteiger charge is -2.33. The highest BCUT2D eigenvalue weighted by molar-refractivity contribution is 6.11. The lowest BCUT2D eigenvalue weighted by Crippen LogP contribution is -2.25. The SMILES string of the molecule is CC1(C)c2ccccc2-c2ccc(N(c3cccc(C4=CC=C5c6ccc(C7=CC=C8c9ccc(-c%10cccc(N(c%11ccc%12c(c%11)C(C)(C)c%11ccccc%11-%12)c%11ccc%12ccc%13ccccc%13c%12c%11)c%10)cc9C(C)(C)C8C7)cc6C(C)(C)C5C4)c3)c3ccc4ccc5ccccc5c4c3)cc21. The molecule has 0 saturated carbocycles. The van der Waals surface area contributed by atoms with Gasteiger partial charge in [-0.25, -0.2) is 0 Å². The van der Waals surface area contributed by atoms with E-state index in [1.165, 1.54) is 160 Å². The van der Waals surface area contributed by atoms with Crippen molar-refractivity contribution < 1.29 is 0 Å². The third-order valence-electron chi connectivity index (χ3n) is 25.2. The van der Waals surface area contributed by atoms with Crippen LogP contribution in [0.3, 0.4) is 0 Å². The fourth-order valence-electron chi connectivity index (χ4n) is 19.6. The molecule has 2 nitrogen and oxygen atoms in total. The molecule has 0 spiro atoms. The minimum atomic E-state index is -0.135. The molecule has 0 N–H and O–H groups in total. The van der Waals surface area contributed by atoms with Gasteiger partial charge in [-0.1, -0.05) is 280 Å². The second kappa shape index (κ2) is 22.1. The first kappa shape index (κ1) is 60.6. The minimum Gasteiger partial charge on any atom is -0.310 e. The molecule has 2 heteroatoms. The Kier molecular flexibility index (Phi) is 13.1. The molecular weight excluding hydrogens is 1230 g/mol. The second-order valence-electron chi connectivity index (χ2n) is 32.1. The van der Waals surface area contributed by atoms with E-state index < -0.39 is 0 Å². The molecule has 0 amide bonds. The van der Waals surface area contributed by atoms with Gasteiger partial charge in [0.15, 0.2) is 0 Å². The number of fused-ring (bicyclic) bond motifs is 18. The van der Waals surface area contributed by atoms with Gasteiger partial charge in [-0.05, 0) is 269 Å². The summed E-state index contributed by atoms with van der Waals surface area (Å²) in [4.78, 5) is 5.00. The standard InChI is InChI=1S/C100H80N2/c1-97(2)89-29-15-13-27-79(89)85-49-43-75(59-95(85)97)101(73-41-35-63-33-31-61-19-9-11-25-77(61)87(63)57-73)71-23-17-21-65(51-71)67-37-45-81-83-47-39-69(55-93(83)99(5,6)91(81)53-67)70-40-48-84-82-46-38-68(54-92(82)100(7,8)94(84)56-70)66-22-18-24-72(52-66)102(74-42-36-64-34-32-62-20-10-12-26-78(62)88(64)58-74)76-44-50-86-80-28-14-16-30-90(80)98(3,4)96(86)60-76/h9-53,56-60,92-93H,54-55H2,1-8H3. The van der Waals surface area contributed by atoms with Gasteiger partial charge in [0, 0.05) is 45.0 Å². The highest BCUT2D eigenvalue weighted by Crippen LogP contribution is 2.60. The summed E-state index contributed by atoms with van der Waals surface area (Å²) < 4.78 is 0. The highest BCUT2D eigenvalue weighted by Gasteiger charge is 2.47. The molecule has 14 aromatic rings. The van der Waals surface area contributed by atoms with Crippen molar-refractivity contribution in [3.05, 3.63) is 359 Å². The third kappa shape index (κ3) is 9.04. The zero-order valence-corrected chi connectivity index (χ0v) is 59.3. The third-order valence-corrected chi connectivity index (χ3v) is 25.2. The Morgan fingerprint density at radius 3 is 1.11 bits per heavy atom. The van der Waals surface area contributed by atoms with E-state index in [1.54, 1.807) is 0 Å². The van der Waals surface area contributed by atoms with Gasteiger partial charge in [0.05, 0.1) is 0 Å². The first-order chi connectivity index (χ1) is 49.5. The van der Waals surface area contributed by atoms with Crippen molar-refractivity contribution >= 4 is 99.5 Å². The molecule has 0 heterocycles. The quantitative estimate of drug-likeness (QED) is 0.133. The Morgan fingerprint density at radius 2 is 0.598 bits per heavy atom. The van der Waals surface area contributed by atoms with Gasteiger partial charge in [-0.2, -0.15) is 0 Å². The molecule has 20 rings (SSSR count). The van der Waals surface area contributed by atoms with Crippen LogP contribution in [0.5, 0.6) is 0 Å². The molecule has 0 aromatic heterocycles. The lowest BCUT2D eigenvalue weighted by molar-refractivity contribution is 0.416. The van der Waals surface area contributed by atoms with Crippen molar-refractivity contribution in [3.8, 4) is 33.4 Å². The number of anilines is 6. The fraction of sp³-hybridized carbons (Fsp3) is 0.160. The van der Waals surface area contributed by atoms with Crippen molar-refractivity contribution in [2.75, 3.05) is 9.80 Å². The summed E-state index contributed by atoms with van der Waals surface area (Å²) in [7, 11) is 0. The molecule has 14 aromatic carbocycles. The van der Waals surface area contributed by atoms with Crippen LogP contribution in [0.15, 0.2) is 303 Å². The van der Waals surface area contributed by atoms with Crippen LogP contribution in [0, 0.1) is 11.8 Å². The summed E-state index contributed by atoms with van der Waals surface area (Å²) in [6, 6.07) is 106. The molecule has 0 radical (unpaired) electrons. The molecule has 102 heavy (non-hydrogen) atoms. The Morgan fingerprint density at radius 1 is 0.245 bits per heavy atom. The Bertz CT molecular complexity index is 6110. The molecule has 0 fully saturated rings. The number of rotatable bonds is 9. The molecule has 6 aliphatic carbocycles. The van der Waals surface area contributed by atoms with Crippen molar-refractivity contribution in [1.82, 2.24) is 0 Å². The normalized spacial score (nSPS) is 17.9. The Labute approximate surface area is 599 Å². The lowest BCUT2D eigenvalue weighted by atomic mass is 9.71. The molecular formula is C100H80N2. The van der Waals surface area contributed by atoms with Crippen LogP contribution < -0.4 is 9.80 Å². The average Bonchev–Trinajstić information content (AvgIpc) is 1.90. The number of nitrogens with zero attached hydrogens (tertiary/aromatic N) is 2. The van der Waals surface area contributed by atoms with Gasteiger partial charge in [-0.3, -0.25) is 0 Å². The van der Waals surface area contributed by atoms with Gasteiger partial charge in [-0.15, -0.1) is 0 Å². The van der Waals surface area contributed by atoms with E-state index >= 15 is 0 Å². The topological polar surface area (TPSA) is 6.48 Å². The summed E-state index contributed by atoms with van der Waals surface area (Å²) in [6.07, 6.45) is 11.8. The van der Waals surface area contributed by atoms with Crippen LogP contribution in [-0.4, -0.2) is 0 Å². The van der Waals surface area contributed by atoms with E-state index in [9.17, 15) is 0 Å². The molecule has 0 aliphatic heterocycles.